The highest BCUT2D eigenvalue weighted by Gasteiger charge is 2.17. The maximum Gasteiger partial charge on any atom is 0.0724 e. The van der Waals surface area contributed by atoms with Gasteiger partial charge < -0.3 is 0 Å². The Morgan fingerprint density at radius 3 is 2.58 bits per heavy atom. The Morgan fingerprint density at radius 2 is 1.79 bits per heavy atom. The van der Waals surface area contributed by atoms with Crippen LogP contribution in [0.15, 0.2) is 34.7 Å². The quantitative estimate of drug-likeness (QED) is 0.504. The molecule has 2 nitrogen and oxygen atoms in total. The van der Waals surface area contributed by atoms with Crippen LogP contribution in [0.4, 0.5) is 0 Å². The molecule has 0 unspecified atom stereocenters. The van der Waals surface area contributed by atoms with Gasteiger partial charge in [0.15, 0.2) is 0 Å². The third-order valence-corrected chi connectivity index (χ3v) is 4.31. The molecule has 2 rings (SSSR count). The van der Waals surface area contributed by atoms with E-state index in [-0.39, 0.29) is 0 Å². The van der Waals surface area contributed by atoms with Gasteiger partial charge in [-0.3, -0.25) is 0 Å². The van der Waals surface area contributed by atoms with Crippen LogP contribution in [0.5, 0.6) is 0 Å². The molecule has 0 aliphatic carbocycles. The Bertz CT molecular complexity index is 389. The van der Waals surface area contributed by atoms with Crippen LogP contribution in [0.3, 0.4) is 0 Å². The Hall–Kier alpha value is -0.800. The molecule has 0 saturated heterocycles. The van der Waals surface area contributed by atoms with E-state index < -0.39 is 0 Å². The largest absolute Gasteiger partial charge is 0.225 e. The summed E-state index contributed by atoms with van der Waals surface area (Å²) in [5, 5.41) is 0. The first-order chi connectivity index (χ1) is 9.40. The smallest absolute Gasteiger partial charge is 0.0724 e. The molecule has 1 aliphatic rings. The Balaban J connectivity index is 1.62. The second-order valence-corrected chi connectivity index (χ2v) is 5.98. The van der Waals surface area contributed by atoms with Crippen molar-refractivity contribution in [1.29, 1.82) is 0 Å². The molecule has 0 fully saturated rings. The standard InChI is InChI=1S/C16H24N2S/c1-2-3-4-5-6-10-13-18-14-16(17-19-18)15-11-8-7-9-12-15/h7-9,11-12H,2-6,10,13-14H2,1H3. The van der Waals surface area contributed by atoms with Crippen LogP contribution in [-0.2, 0) is 0 Å². The summed E-state index contributed by atoms with van der Waals surface area (Å²) in [6.45, 7) is 4.42. The zero-order valence-electron chi connectivity index (χ0n) is 11.8. The molecule has 1 aliphatic heterocycles. The normalized spacial score (nSPS) is 15.7. The summed E-state index contributed by atoms with van der Waals surface area (Å²) < 4.78 is 6.95. The van der Waals surface area contributed by atoms with Crippen LogP contribution in [0.2, 0.25) is 0 Å². The monoisotopic (exact) mass is 276 g/mol. The molecule has 19 heavy (non-hydrogen) atoms. The van der Waals surface area contributed by atoms with Crippen molar-refractivity contribution in [3.63, 3.8) is 0 Å². The predicted molar refractivity (Wildman–Crippen MR) is 85.5 cm³/mol. The van der Waals surface area contributed by atoms with E-state index in [1.54, 1.807) is 12.1 Å². The van der Waals surface area contributed by atoms with Crippen molar-refractivity contribution in [1.82, 2.24) is 4.31 Å². The van der Waals surface area contributed by atoms with E-state index in [4.69, 9.17) is 0 Å². The number of rotatable bonds is 8. The summed E-state index contributed by atoms with van der Waals surface area (Å²) in [6, 6.07) is 10.5. The highest BCUT2D eigenvalue weighted by molar-refractivity contribution is 7.96. The van der Waals surface area contributed by atoms with E-state index >= 15 is 0 Å². The molecular formula is C16H24N2S. The molecule has 0 amide bonds. The van der Waals surface area contributed by atoms with Gasteiger partial charge in [0.25, 0.3) is 0 Å². The van der Waals surface area contributed by atoms with E-state index in [1.165, 1.54) is 49.8 Å². The molecule has 104 valence electrons. The van der Waals surface area contributed by atoms with Crippen LogP contribution in [0, 0.1) is 0 Å². The first-order valence-electron chi connectivity index (χ1n) is 7.44. The number of benzene rings is 1. The molecule has 0 atom stereocenters. The highest BCUT2D eigenvalue weighted by Crippen LogP contribution is 2.23. The van der Waals surface area contributed by atoms with Gasteiger partial charge in [-0.25, -0.2) is 8.70 Å². The molecule has 0 radical (unpaired) electrons. The highest BCUT2D eigenvalue weighted by atomic mass is 32.2. The maximum absolute atomic E-state index is 4.57. The summed E-state index contributed by atoms with van der Waals surface area (Å²) in [7, 11) is 0. The van der Waals surface area contributed by atoms with Crippen molar-refractivity contribution in [2.24, 2.45) is 4.40 Å². The van der Waals surface area contributed by atoms with Crippen molar-refractivity contribution in [2.45, 2.75) is 45.4 Å². The number of hydrogen-bond donors (Lipinski definition) is 0. The minimum atomic E-state index is 0.990. The Morgan fingerprint density at radius 1 is 1.05 bits per heavy atom. The SMILES string of the molecule is CCCCCCCCN1CC(c2ccccc2)=NS1. The second kappa shape index (κ2) is 8.39. The average molecular weight is 276 g/mol. The van der Waals surface area contributed by atoms with Gasteiger partial charge in [-0.15, -0.1) is 0 Å². The van der Waals surface area contributed by atoms with E-state index in [0.717, 1.165) is 13.1 Å². The average Bonchev–Trinajstić information content (AvgIpc) is 2.92. The lowest BCUT2D eigenvalue weighted by atomic mass is 10.1. The molecule has 1 heterocycles. The van der Waals surface area contributed by atoms with Gasteiger partial charge in [-0.1, -0.05) is 69.4 Å². The lowest BCUT2D eigenvalue weighted by Gasteiger charge is -2.11. The third kappa shape index (κ3) is 5.00. The van der Waals surface area contributed by atoms with Crippen molar-refractivity contribution in [3.05, 3.63) is 35.9 Å². The van der Waals surface area contributed by atoms with E-state index in [1.807, 2.05) is 0 Å². The van der Waals surface area contributed by atoms with Gasteiger partial charge in [-0.2, -0.15) is 0 Å². The predicted octanol–water partition coefficient (Wildman–Crippen LogP) is 4.72. The molecule has 0 aromatic heterocycles. The minimum Gasteiger partial charge on any atom is -0.225 e. The van der Waals surface area contributed by atoms with Gasteiger partial charge in [0.2, 0.25) is 0 Å². The van der Waals surface area contributed by atoms with Crippen molar-refractivity contribution >= 4 is 17.8 Å². The molecule has 0 bridgehead atoms. The molecular weight excluding hydrogens is 252 g/mol. The zero-order valence-corrected chi connectivity index (χ0v) is 12.7. The topological polar surface area (TPSA) is 15.6 Å². The molecule has 1 aromatic rings. The molecule has 0 saturated carbocycles. The fourth-order valence-corrected chi connectivity index (χ4v) is 3.06. The maximum atomic E-state index is 4.57. The zero-order chi connectivity index (χ0) is 13.3. The van der Waals surface area contributed by atoms with Crippen molar-refractivity contribution in [2.75, 3.05) is 13.1 Å². The summed E-state index contributed by atoms with van der Waals surface area (Å²) in [5.74, 6) is 0. The van der Waals surface area contributed by atoms with Gasteiger partial charge in [0, 0.05) is 6.54 Å². The number of nitrogens with zero attached hydrogens (tertiary/aromatic N) is 2. The van der Waals surface area contributed by atoms with E-state index in [9.17, 15) is 0 Å². The van der Waals surface area contributed by atoms with Crippen LogP contribution < -0.4 is 0 Å². The van der Waals surface area contributed by atoms with Gasteiger partial charge in [-0.05, 0) is 12.0 Å². The second-order valence-electron chi connectivity index (χ2n) is 5.12. The lowest BCUT2D eigenvalue weighted by Crippen LogP contribution is -2.19. The summed E-state index contributed by atoms with van der Waals surface area (Å²) in [6.07, 6.45) is 8.16. The fourth-order valence-electron chi connectivity index (χ4n) is 2.29. The third-order valence-electron chi connectivity index (χ3n) is 3.46. The minimum absolute atomic E-state index is 0.990. The van der Waals surface area contributed by atoms with E-state index in [2.05, 4.69) is 46.0 Å². The molecule has 1 aromatic carbocycles. The van der Waals surface area contributed by atoms with Crippen molar-refractivity contribution < 1.29 is 0 Å². The Labute approximate surface area is 121 Å². The molecule has 3 heteroatoms. The lowest BCUT2D eigenvalue weighted by molar-refractivity contribution is 0.492. The Kier molecular flexibility index (Phi) is 6.45. The van der Waals surface area contributed by atoms with Crippen LogP contribution in [0.1, 0.15) is 51.0 Å². The number of hydrogen-bond acceptors (Lipinski definition) is 3. The van der Waals surface area contributed by atoms with Gasteiger partial charge >= 0.3 is 0 Å². The molecule has 0 spiro atoms. The molecule has 0 N–H and O–H groups in total. The summed E-state index contributed by atoms with van der Waals surface area (Å²) >= 11 is 1.63. The first-order valence-corrected chi connectivity index (χ1v) is 8.17. The fraction of sp³-hybridized carbons (Fsp3) is 0.562. The van der Waals surface area contributed by atoms with Crippen LogP contribution in [0.25, 0.3) is 0 Å². The van der Waals surface area contributed by atoms with Gasteiger partial charge in [0.05, 0.1) is 24.4 Å². The van der Waals surface area contributed by atoms with Gasteiger partial charge in [0.1, 0.15) is 0 Å². The van der Waals surface area contributed by atoms with Crippen LogP contribution in [-0.4, -0.2) is 23.1 Å². The summed E-state index contributed by atoms with van der Waals surface area (Å²) in [4.78, 5) is 0. The van der Waals surface area contributed by atoms with Crippen molar-refractivity contribution in [3.8, 4) is 0 Å². The van der Waals surface area contributed by atoms with E-state index in [0.29, 0.717) is 0 Å². The number of unbranched alkanes of at least 4 members (excludes halogenated alkanes) is 5. The van der Waals surface area contributed by atoms with Crippen LogP contribution >= 0.6 is 12.1 Å². The summed E-state index contributed by atoms with van der Waals surface area (Å²) in [5.41, 5.74) is 2.48. The first kappa shape index (κ1) is 14.6.